The third-order valence-corrected chi connectivity index (χ3v) is 7.21. The third kappa shape index (κ3) is 4.76. The van der Waals surface area contributed by atoms with E-state index in [4.69, 9.17) is 13.3 Å². The van der Waals surface area contributed by atoms with Gasteiger partial charge in [-0.1, -0.05) is 36.4 Å². The van der Waals surface area contributed by atoms with E-state index in [1.165, 1.54) is 0 Å². The average molecular weight is 361 g/mol. The van der Waals surface area contributed by atoms with Gasteiger partial charge in [0.25, 0.3) is 0 Å². The predicted octanol–water partition coefficient (Wildman–Crippen LogP) is 4.63. The van der Waals surface area contributed by atoms with E-state index in [0.29, 0.717) is 32.3 Å². The van der Waals surface area contributed by atoms with Crippen molar-refractivity contribution < 1.29 is 18.1 Å². The van der Waals surface area contributed by atoms with Crippen LogP contribution in [0.25, 0.3) is 10.8 Å². The second-order valence-corrected chi connectivity index (χ2v) is 8.59. The van der Waals surface area contributed by atoms with Gasteiger partial charge in [-0.25, -0.2) is 0 Å². The summed E-state index contributed by atoms with van der Waals surface area (Å²) in [6.45, 7) is 9.17. The molecule has 0 N–H and O–H groups in total. The topological polar surface area (TPSA) is 44.8 Å². The van der Waals surface area contributed by atoms with E-state index in [1.807, 2.05) is 51.1 Å². The Morgan fingerprint density at radius 2 is 1.52 bits per heavy atom. The van der Waals surface area contributed by atoms with E-state index in [0.717, 1.165) is 21.9 Å². The summed E-state index contributed by atoms with van der Waals surface area (Å²) >= 11 is 0. The number of hydrogen-bond acceptors (Lipinski definition) is 4. The Bertz CT molecular complexity index is 697. The molecule has 5 heteroatoms. The Morgan fingerprint density at radius 1 is 0.920 bits per heavy atom. The van der Waals surface area contributed by atoms with Gasteiger partial charge in [-0.05, 0) is 50.5 Å². The van der Waals surface area contributed by atoms with Crippen LogP contribution in [0.2, 0.25) is 6.04 Å². The first-order chi connectivity index (χ1) is 12.1. The molecule has 0 amide bonds. The predicted molar refractivity (Wildman–Crippen MR) is 103 cm³/mol. The lowest BCUT2D eigenvalue weighted by Crippen LogP contribution is -2.46. The lowest BCUT2D eigenvalue weighted by Gasteiger charge is -2.28. The average Bonchev–Trinajstić information content (AvgIpc) is 2.60. The molecule has 136 valence electrons. The number of aryl methyl sites for hydroxylation is 1. The summed E-state index contributed by atoms with van der Waals surface area (Å²) in [6, 6.07) is 12.8. The molecule has 2 rings (SSSR count). The molecule has 0 unspecified atom stereocenters. The van der Waals surface area contributed by atoms with Crippen molar-refractivity contribution in [2.75, 3.05) is 19.8 Å². The molecular weight excluding hydrogens is 332 g/mol. The van der Waals surface area contributed by atoms with Gasteiger partial charge in [0.15, 0.2) is 5.78 Å². The second kappa shape index (κ2) is 9.24. The Hall–Kier alpha value is -1.53. The highest BCUT2D eigenvalue weighted by Crippen LogP contribution is 2.27. The summed E-state index contributed by atoms with van der Waals surface area (Å²) in [7, 11) is -2.71. The number of rotatable bonds is 10. The van der Waals surface area contributed by atoms with Gasteiger partial charge in [-0.2, -0.15) is 0 Å². The molecule has 4 nitrogen and oxygen atoms in total. The lowest BCUT2D eigenvalue weighted by atomic mass is 9.95. The monoisotopic (exact) mass is 360 g/mol. The van der Waals surface area contributed by atoms with Crippen molar-refractivity contribution in [3.05, 3.63) is 47.5 Å². The van der Waals surface area contributed by atoms with Gasteiger partial charge >= 0.3 is 8.80 Å². The van der Waals surface area contributed by atoms with Gasteiger partial charge in [0.05, 0.1) is 0 Å². The van der Waals surface area contributed by atoms with E-state index < -0.39 is 8.80 Å². The highest BCUT2D eigenvalue weighted by atomic mass is 28.4. The third-order valence-electron chi connectivity index (χ3n) is 4.16. The van der Waals surface area contributed by atoms with Crippen LogP contribution < -0.4 is 0 Å². The van der Waals surface area contributed by atoms with Crippen LogP contribution in [0.3, 0.4) is 0 Å². The van der Waals surface area contributed by atoms with Crippen LogP contribution in [0.1, 0.15) is 43.6 Å². The largest absolute Gasteiger partial charge is 0.501 e. The number of Topliss-reactive ketones (excluding diaryl/α,β-unsaturated/α-hetero) is 1. The fraction of sp³-hybridized carbons (Fsp3) is 0.450. The van der Waals surface area contributed by atoms with Crippen molar-refractivity contribution in [1.82, 2.24) is 0 Å². The van der Waals surface area contributed by atoms with Gasteiger partial charge in [0.1, 0.15) is 0 Å². The molecule has 0 saturated carbocycles. The minimum Gasteiger partial charge on any atom is -0.374 e. The van der Waals surface area contributed by atoms with Crippen LogP contribution in [0.4, 0.5) is 0 Å². The molecule has 0 aromatic heterocycles. The first kappa shape index (κ1) is 19.8. The molecule has 0 aliphatic heterocycles. The summed E-state index contributed by atoms with van der Waals surface area (Å²) in [5, 5.41) is 2.09. The Labute approximate surface area is 151 Å². The SMILES string of the molecule is CCO[Si](CCc1ccc2ccccc2c1C(C)=O)(OCC)OCC. The molecule has 0 atom stereocenters. The highest BCUT2D eigenvalue weighted by Gasteiger charge is 2.40. The van der Waals surface area contributed by atoms with Gasteiger partial charge < -0.3 is 13.3 Å². The number of benzene rings is 2. The molecule has 0 heterocycles. The number of hydrogen-bond donors (Lipinski definition) is 0. The van der Waals surface area contributed by atoms with E-state index in [1.54, 1.807) is 6.92 Å². The lowest BCUT2D eigenvalue weighted by molar-refractivity contribution is 0.0713. The number of fused-ring (bicyclic) bond motifs is 1. The van der Waals surface area contributed by atoms with Gasteiger partial charge in [-0.3, -0.25) is 4.79 Å². The zero-order valence-corrected chi connectivity index (χ0v) is 16.6. The standard InChI is InChI=1S/C20H28O4Si/c1-5-22-25(23-6-2,24-7-3)15-14-18-13-12-17-10-8-9-11-19(17)20(18)16(4)21/h8-13H,5-7,14-15H2,1-4H3. The zero-order chi connectivity index (χ0) is 18.3. The van der Waals surface area contributed by atoms with Crippen molar-refractivity contribution in [2.24, 2.45) is 0 Å². The first-order valence-electron chi connectivity index (χ1n) is 9.00. The molecule has 25 heavy (non-hydrogen) atoms. The zero-order valence-electron chi connectivity index (χ0n) is 15.6. The van der Waals surface area contributed by atoms with Crippen molar-refractivity contribution >= 4 is 25.4 Å². The Balaban J connectivity index is 2.35. The second-order valence-electron chi connectivity index (χ2n) is 5.86. The highest BCUT2D eigenvalue weighted by molar-refractivity contribution is 6.60. The molecule has 0 aliphatic rings. The van der Waals surface area contributed by atoms with E-state index in [-0.39, 0.29) is 5.78 Å². The smallest absolute Gasteiger partial charge is 0.374 e. The fourth-order valence-electron chi connectivity index (χ4n) is 3.23. The summed E-state index contributed by atoms with van der Waals surface area (Å²) in [5.41, 5.74) is 1.83. The van der Waals surface area contributed by atoms with E-state index in [9.17, 15) is 4.79 Å². The molecule has 0 saturated heterocycles. The summed E-state index contributed by atoms with van der Waals surface area (Å²) in [6.07, 6.45) is 0.700. The van der Waals surface area contributed by atoms with Crippen LogP contribution in [0.5, 0.6) is 0 Å². The minimum absolute atomic E-state index is 0.0864. The first-order valence-corrected chi connectivity index (χ1v) is 10.9. The van der Waals surface area contributed by atoms with Crippen LogP contribution in [0, 0.1) is 0 Å². The van der Waals surface area contributed by atoms with Gasteiger partial charge in [0, 0.05) is 31.4 Å². The van der Waals surface area contributed by atoms with Crippen molar-refractivity contribution in [2.45, 2.75) is 40.2 Å². The Morgan fingerprint density at radius 3 is 2.08 bits per heavy atom. The molecule has 2 aromatic carbocycles. The molecule has 2 aromatic rings. The maximum atomic E-state index is 12.3. The molecule has 0 bridgehead atoms. The number of carbonyl (C=O) groups excluding carboxylic acids is 1. The van der Waals surface area contributed by atoms with Crippen LogP contribution in [-0.4, -0.2) is 34.4 Å². The normalized spacial score (nSPS) is 11.8. The van der Waals surface area contributed by atoms with Gasteiger partial charge in [-0.15, -0.1) is 0 Å². The summed E-state index contributed by atoms with van der Waals surface area (Å²) < 4.78 is 17.8. The quantitative estimate of drug-likeness (QED) is 0.458. The van der Waals surface area contributed by atoms with Crippen LogP contribution in [-0.2, 0) is 19.7 Å². The Kier molecular flexibility index (Phi) is 7.32. The number of ketones is 1. The van der Waals surface area contributed by atoms with Crippen LogP contribution >= 0.6 is 0 Å². The van der Waals surface area contributed by atoms with E-state index >= 15 is 0 Å². The summed E-state index contributed by atoms with van der Waals surface area (Å²) in [5.74, 6) is 0.0864. The van der Waals surface area contributed by atoms with Crippen molar-refractivity contribution in [3.63, 3.8) is 0 Å². The molecular formula is C20H28O4Si. The summed E-state index contributed by atoms with van der Waals surface area (Å²) in [4.78, 5) is 12.3. The maximum absolute atomic E-state index is 12.3. The minimum atomic E-state index is -2.71. The number of carbonyl (C=O) groups is 1. The maximum Gasteiger partial charge on any atom is 0.501 e. The molecule has 0 spiro atoms. The van der Waals surface area contributed by atoms with Gasteiger partial charge in [0.2, 0.25) is 0 Å². The van der Waals surface area contributed by atoms with Crippen LogP contribution in [0.15, 0.2) is 36.4 Å². The van der Waals surface area contributed by atoms with Crippen molar-refractivity contribution in [3.8, 4) is 0 Å². The molecule has 0 radical (unpaired) electrons. The van der Waals surface area contributed by atoms with E-state index in [2.05, 4.69) is 6.07 Å². The van der Waals surface area contributed by atoms with Crippen molar-refractivity contribution in [1.29, 1.82) is 0 Å². The molecule has 0 aliphatic carbocycles. The molecule has 0 fully saturated rings. The fourth-order valence-corrected chi connectivity index (χ4v) is 5.81.